The number of esters is 2. The molecule has 0 spiro atoms. The number of aryl methyl sites for hydroxylation is 1. The molecule has 7 atom stereocenters. The second-order valence-electron chi connectivity index (χ2n) is 12.3. The normalized spacial score (nSPS) is 30.9. The number of H-pyrrole nitrogens is 1. The highest BCUT2D eigenvalue weighted by Gasteiger charge is 2.49. The number of nitrogens with one attached hydrogen (secondary N) is 1. The Morgan fingerprint density at radius 3 is 2.85 bits per heavy atom. The van der Waals surface area contributed by atoms with Gasteiger partial charge in [0, 0.05) is 54.5 Å². The van der Waals surface area contributed by atoms with Crippen molar-refractivity contribution in [3.63, 3.8) is 0 Å². The van der Waals surface area contributed by atoms with E-state index in [2.05, 4.69) is 39.1 Å². The number of aromatic amines is 1. The summed E-state index contributed by atoms with van der Waals surface area (Å²) in [4.78, 5) is 34.1. The Hall–Kier alpha value is -3.17. The fourth-order valence-electron chi connectivity index (χ4n) is 7.96. The molecule has 2 saturated heterocycles. The summed E-state index contributed by atoms with van der Waals surface area (Å²) in [5, 5.41) is 11.8. The first kappa shape index (κ1) is 28.0. The number of hydrogen-bond donors (Lipinski definition) is 2. The van der Waals surface area contributed by atoms with Crippen molar-refractivity contribution in [3.8, 4) is 0 Å². The molecule has 3 fully saturated rings. The smallest absolute Gasteiger partial charge is 0.311 e. The van der Waals surface area contributed by atoms with Gasteiger partial charge in [0.15, 0.2) is 0 Å². The quantitative estimate of drug-likeness (QED) is 0.466. The van der Waals surface area contributed by atoms with Crippen molar-refractivity contribution in [2.75, 3.05) is 26.8 Å². The summed E-state index contributed by atoms with van der Waals surface area (Å²) < 4.78 is 12.1. The molecular weight excluding hydrogens is 520 g/mol. The minimum Gasteiger partial charge on any atom is -0.469 e. The van der Waals surface area contributed by atoms with E-state index in [1.807, 2.05) is 24.7 Å². The largest absolute Gasteiger partial charge is 0.469 e. The molecule has 41 heavy (non-hydrogen) atoms. The highest BCUT2D eigenvalue weighted by Crippen LogP contribution is 2.49. The summed E-state index contributed by atoms with van der Waals surface area (Å²) in [6, 6.07) is 8.83. The molecule has 1 saturated carbocycles. The van der Waals surface area contributed by atoms with Crippen LogP contribution in [0.15, 0.2) is 36.8 Å². The number of piperidine rings is 1. The van der Waals surface area contributed by atoms with E-state index >= 15 is 0 Å². The van der Waals surface area contributed by atoms with Gasteiger partial charge in [0.25, 0.3) is 0 Å². The van der Waals surface area contributed by atoms with Crippen LogP contribution in [0.25, 0.3) is 10.9 Å². The van der Waals surface area contributed by atoms with Gasteiger partial charge in [0.1, 0.15) is 0 Å². The molecule has 0 radical (unpaired) electrons. The molecule has 2 N–H and O–H groups in total. The molecule has 0 amide bonds. The first-order valence-corrected chi connectivity index (χ1v) is 15.1. The second-order valence-corrected chi connectivity index (χ2v) is 12.3. The van der Waals surface area contributed by atoms with Crippen molar-refractivity contribution in [2.45, 2.75) is 57.6 Å². The maximum atomic E-state index is 12.4. The molecule has 3 aromatic rings. The first-order chi connectivity index (χ1) is 19.9. The average Bonchev–Trinajstić information content (AvgIpc) is 3.68. The van der Waals surface area contributed by atoms with E-state index in [9.17, 15) is 14.7 Å². The molecule has 220 valence electrons. The SMILES string of the molecule is CC[C@@H]1C(=O)OC[C@@H]1Cc1cncn1C.COC(=O)[C@@H]1[C@H]2C[C@H]3c4[nH]c5ccccc5c4CCN3C[C@@H]2CC[C@@H]1O. The molecular formula is C32H42N4O5. The zero-order valence-corrected chi connectivity index (χ0v) is 24.3. The first-order valence-electron chi connectivity index (χ1n) is 15.1. The molecule has 2 aromatic heterocycles. The Kier molecular flexibility index (Phi) is 7.92. The van der Waals surface area contributed by atoms with Gasteiger partial charge in [-0.05, 0) is 62.0 Å². The van der Waals surface area contributed by atoms with E-state index in [0.717, 1.165) is 50.9 Å². The van der Waals surface area contributed by atoms with E-state index in [0.29, 0.717) is 30.9 Å². The van der Waals surface area contributed by atoms with Gasteiger partial charge in [-0.2, -0.15) is 0 Å². The third-order valence-corrected chi connectivity index (χ3v) is 10.2. The molecule has 9 heteroatoms. The Bertz CT molecular complexity index is 1400. The summed E-state index contributed by atoms with van der Waals surface area (Å²) in [6.45, 7) is 4.69. The second kappa shape index (κ2) is 11.6. The van der Waals surface area contributed by atoms with Gasteiger partial charge in [-0.15, -0.1) is 0 Å². The van der Waals surface area contributed by atoms with Crippen LogP contribution in [0, 0.1) is 29.6 Å². The summed E-state index contributed by atoms with van der Waals surface area (Å²) in [5.74, 6) is 0.404. The maximum Gasteiger partial charge on any atom is 0.311 e. The molecule has 4 aliphatic rings. The van der Waals surface area contributed by atoms with Gasteiger partial charge >= 0.3 is 11.9 Å². The molecule has 1 aromatic carbocycles. The minimum atomic E-state index is -0.568. The number of carbonyl (C=O) groups is 2. The number of carbonyl (C=O) groups excluding carboxylic acids is 2. The van der Waals surface area contributed by atoms with Crippen LogP contribution in [-0.2, 0) is 39.0 Å². The summed E-state index contributed by atoms with van der Waals surface area (Å²) >= 11 is 0. The van der Waals surface area contributed by atoms with E-state index in [4.69, 9.17) is 9.47 Å². The number of aromatic nitrogens is 3. The number of nitrogens with zero attached hydrogens (tertiary/aromatic N) is 3. The fourth-order valence-corrected chi connectivity index (χ4v) is 7.96. The fraction of sp³-hybridized carbons (Fsp3) is 0.594. The van der Waals surface area contributed by atoms with Crippen LogP contribution < -0.4 is 0 Å². The number of methoxy groups -OCH3 is 1. The number of rotatable bonds is 4. The van der Waals surface area contributed by atoms with Crippen molar-refractivity contribution >= 4 is 22.8 Å². The Morgan fingerprint density at radius 1 is 1.27 bits per heavy atom. The van der Waals surface area contributed by atoms with Crippen molar-refractivity contribution in [3.05, 3.63) is 53.7 Å². The number of hydrogen-bond acceptors (Lipinski definition) is 7. The van der Waals surface area contributed by atoms with Crippen LogP contribution in [0.1, 0.15) is 55.6 Å². The van der Waals surface area contributed by atoms with Crippen molar-refractivity contribution in [1.82, 2.24) is 19.4 Å². The van der Waals surface area contributed by atoms with Crippen LogP contribution in [0.3, 0.4) is 0 Å². The van der Waals surface area contributed by atoms with Gasteiger partial charge in [-0.3, -0.25) is 14.5 Å². The van der Waals surface area contributed by atoms with E-state index in [1.54, 1.807) is 6.33 Å². The van der Waals surface area contributed by atoms with E-state index in [-0.39, 0.29) is 29.7 Å². The lowest BCUT2D eigenvalue weighted by atomic mass is 9.65. The molecule has 1 aliphatic carbocycles. The Labute approximate surface area is 241 Å². The molecule has 3 aliphatic heterocycles. The van der Waals surface area contributed by atoms with E-state index < -0.39 is 6.10 Å². The number of imidazole rings is 1. The third kappa shape index (κ3) is 5.18. The monoisotopic (exact) mass is 562 g/mol. The van der Waals surface area contributed by atoms with Crippen LogP contribution >= 0.6 is 0 Å². The number of cyclic esters (lactones) is 1. The van der Waals surface area contributed by atoms with E-state index in [1.165, 1.54) is 29.3 Å². The zero-order chi connectivity index (χ0) is 28.7. The van der Waals surface area contributed by atoms with Crippen LogP contribution in [0.2, 0.25) is 0 Å². The van der Waals surface area contributed by atoms with Crippen molar-refractivity contribution < 1.29 is 24.2 Å². The Balaban J connectivity index is 0.000000172. The molecule has 0 unspecified atom stereocenters. The van der Waals surface area contributed by atoms with Gasteiger partial charge in [-0.25, -0.2) is 4.98 Å². The summed E-state index contributed by atoms with van der Waals surface area (Å²) in [7, 11) is 3.41. The number of benzene rings is 1. The van der Waals surface area contributed by atoms with Gasteiger partial charge in [-0.1, -0.05) is 25.1 Å². The number of fused-ring (bicyclic) bond motifs is 6. The minimum absolute atomic E-state index is 0.0373. The number of ether oxygens (including phenoxy) is 2. The predicted molar refractivity (Wildman–Crippen MR) is 154 cm³/mol. The summed E-state index contributed by atoms with van der Waals surface area (Å²) in [6.07, 6.45) is 8.52. The van der Waals surface area contributed by atoms with Crippen molar-refractivity contribution in [2.24, 2.45) is 36.6 Å². The molecule has 7 rings (SSSR count). The maximum absolute atomic E-state index is 12.4. The number of aliphatic hydroxyl groups excluding tert-OH is 1. The van der Waals surface area contributed by atoms with Gasteiger partial charge in [0.2, 0.25) is 0 Å². The Morgan fingerprint density at radius 2 is 2.10 bits per heavy atom. The zero-order valence-electron chi connectivity index (χ0n) is 24.3. The molecule has 0 bridgehead atoms. The lowest BCUT2D eigenvalue weighted by molar-refractivity contribution is -0.160. The third-order valence-electron chi connectivity index (χ3n) is 10.2. The highest BCUT2D eigenvalue weighted by molar-refractivity contribution is 5.85. The van der Waals surface area contributed by atoms with Crippen LogP contribution in [-0.4, -0.2) is 69.4 Å². The summed E-state index contributed by atoms with van der Waals surface area (Å²) in [5.41, 5.74) is 5.12. The number of para-hydroxylation sites is 1. The number of aliphatic hydroxyl groups is 1. The molecule has 9 nitrogen and oxygen atoms in total. The topological polar surface area (TPSA) is 110 Å². The van der Waals surface area contributed by atoms with Crippen LogP contribution in [0.4, 0.5) is 0 Å². The van der Waals surface area contributed by atoms with Crippen molar-refractivity contribution in [1.29, 1.82) is 0 Å². The standard InChI is InChI=1S/C21H26N2O3.C11H16N2O2/c1-26-21(25)19-15-10-17-20-14(13-4-2-3-5-16(13)22-20)8-9-23(17)11-12(15)6-7-18(19)24;1-3-10-8(6-15-11(10)14)4-9-5-12-7-13(9)2/h2-5,12,15,17-19,22,24H,6-11H2,1H3;5,7-8,10H,3-4,6H2,1-2H3/t12-,15-,17-,18-,19+;8-,10-/m00/s1. The van der Waals surface area contributed by atoms with Crippen LogP contribution in [0.5, 0.6) is 0 Å². The lowest BCUT2D eigenvalue weighted by Crippen LogP contribution is -2.53. The molecule has 5 heterocycles. The highest BCUT2D eigenvalue weighted by atomic mass is 16.5. The lowest BCUT2D eigenvalue weighted by Gasteiger charge is -2.50. The average molecular weight is 563 g/mol. The predicted octanol–water partition coefficient (Wildman–Crippen LogP) is 3.81. The van der Waals surface area contributed by atoms with Gasteiger partial charge < -0.3 is 24.1 Å². The van der Waals surface area contributed by atoms with Gasteiger partial charge in [0.05, 0.1) is 44.0 Å².